The Morgan fingerprint density at radius 2 is 2.17 bits per heavy atom. The second kappa shape index (κ2) is 5.87. The number of likely N-dealkylation sites (tertiary alicyclic amines) is 1. The first-order valence-electron chi connectivity index (χ1n) is 9.48. The normalized spacial score (nSPS) is 35.3. The fraction of sp³-hybridized carbons (Fsp3) is 0.667. The summed E-state index contributed by atoms with van der Waals surface area (Å²) in [5.74, 6) is 2.57. The van der Waals surface area contributed by atoms with Crippen LogP contribution in [0.15, 0.2) is 18.2 Å². The van der Waals surface area contributed by atoms with Crippen LogP contribution in [0.4, 0.5) is 0 Å². The predicted molar refractivity (Wildman–Crippen MR) is 95.5 cm³/mol. The molecule has 1 saturated carbocycles. The summed E-state index contributed by atoms with van der Waals surface area (Å²) in [5, 5.41) is 0. The van der Waals surface area contributed by atoms with Crippen LogP contribution in [0.25, 0.3) is 0 Å². The molecule has 1 heterocycles. The molecule has 0 amide bonds. The van der Waals surface area contributed by atoms with Gasteiger partial charge in [-0.15, -0.1) is 0 Å². The minimum absolute atomic E-state index is 0.0501. The van der Waals surface area contributed by atoms with Gasteiger partial charge in [-0.1, -0.05) is 19.4 Å². The summed E-state index contributed by atoms with van der Waals surface area (Å²) in [6, 6.07) is 7.15. The standard InChI is InChI=1S/C21H29NO2/c1-4-5-15-10-16(23)13-21-8-9-22(2)19(20(15)21)11-14-6-7-17(24-3)12-18(14)21/h6-7,12,15,19-20H,4-5,8-11,13H2,1-3H3/t15-,19+,20+,21-/m0/s1. The van der Waals surface area contributed by atoms with E-state index in [0.29, 0.717) is 23.7 Å². The van der Waals surface area contributed by atoms with Crippen molar-refractivity contribution in [1.29, 1.82) is 0 Å². The molecule has 0 N–H and O–H groups in total. The molecule has 2 aliphatic carbocycles. The lowest BCUT2D eigenvalue weighted by atomic mass is 9.49. The number of fused-ring (bicyclic) bond motifs is 1. The number of carbonyl (C=O) groups is 1. The minimum atomic E-state index is 0.0501. The van der Waals surface area contributed by atoms with Gasteiger partial charge in [-0.25, -0.2) is 0 Å². The molecule has 3 nitrogen and oxygen atoms in total. The molecule has 3 aliphatic rings. The largest absolute Gasteiger partial charge is 0.497 e. The number of benzene rings is 1. The van der Waals surface area contributed by atoms with Gasteiger partial charge in [-0.05, 0) is 68.0 Å². The molecule has 1 aromatic carbocycles. The van der Waals surface area contributed by atoms with Gasteiger partial charge < -0.3 is 9.64 Å². The summed E-state index contributed by atoms with van der Waals surface area (Å²) in [6.07, 6.45) is 6.12. The van der Waals surface area contributed by atoms with E-state index in [9.17, 15) is 4.79 Å². The third kappa shape index (κ3) is 2.24. The molecule has 0 radical (unpaired) electrons. The lowest BCUT2D eigenvalue weighted by molar-refractivity contribution is -0.131. The lowest BCUT2D eigenvalue weighted by Crippen LogP contribution is -2.63. The quantitative estimate of drug-likeness (QED) is 0.850. The monoisotopic (exact) mass is 327 g/mol. The van der Waals surface area contributed by atoms with Crippen molar-refractivity contribution in [3.63, 3.8) is 0 Å². The van der Waals surface area contributed by atoms with E-state index >= 15 is 0 Å². The first-order valence-corrected chi connectivity index (χ1v) is 9.48. The van der Waals surface area contributed by atoms with Crippen molar-refractivity contribution in [3.05, 3.63) is 29.3 Å². The Morgan fingerprint density at radius 1 is 1.33 bits per heavy atom. The smallest absolute Gasteiger partial charge is 0.134 e. The lowest BCUT2D eigenvalue weighted by Gasteiger charge is -2.60. The van der Waals surface area contributed by atoms with Crippen LogP contribution in [0, 0.1) is 11.8 Å². The average Bonchev–Trinajstić information content (AvgIpc) is 2.58. The number of hydrogen-bond donors (Lipinski definition) is 0. The van der Waals surface area contributed by atoms with E-state index < -0.39 is 0 Å². The van der Waals surface area contributed by atoms with Gasteiger partial charge in [0.15, 0.2) is 0 Å². The Labute approximate surface area is 145 Å². The summed E-state index contributed by atoms with van der Waals surface area (Å²) in [7, 11) is 4.02. The summed E-state index contributed by atoms with van der Waals surface area (Å²) >= 11 is 0. The Morgan fingerprint density at radius 3 is 2.92 bits per heavy atom. The van der Waals surface area contributed by atoms with Crippen LogP contribution >= 0.6 is 0 Å². The van der Waals surface area contributed by atoms with Gasteiger partial charge in [0, 0.05) is 24.3 Å². The number of ether oxygens (including phenoxy) is 1. The highest BCUT2D eigenvalue weighted by molar-refractivity contribution is 5.82. The van der Waals surface area contributed by atoms with Crippen LogP contribution in [-0.2, 0) is 16.6 Å². The molecule has 1 aliphatic heterocycles. The number of nitrogens with zero attached hydrogens (tertiary/aromatic N) is 1. The summed E-state index contributed by atoms with van der Waals surface area (Å²) in [6.45, 7) is 3.36. The fourth-order valence-corrected chi connectivity index (χ4v) is 6.06. The first kappa shape index (κ1) is 16.1. The molecule has 4 rings (SSSR count). The van der Waals surface area contributed by atoms with Crippen molar-refractivity contribution in [2.45, 2.75) is 56.9 Å². The topological polar surface area (TPSA) is 29.5 Å². The van der Waals surface area contributed by atoms with E-state index in [2.05, 4.69) is 37.1 Å². The van der Waals surface area contributed by atoms with Crippen molar-refractivity contribution in [2.75, 3.05) is 20.7 Å². The number of Topliss-reactive ketones (excluding diaryl/α,β-unsaturated/α-hetero) is 1. The van der Waals surface area contributed by atoms with Crippen LogP contribution in [0.5, 0.6) is 5.75 Å². The fourth-order valence-electron chi connectivity index (χ4n) is 6.06. The van der Waals surface area contributed by atoms with Gasteiger partial charge in [-0.2, -0.15) is 0 Å². The SMILES string of the molecule is CCC[C@H]1CC(=O)C[C@@]23CCN(C)[C@H](Cc4ccc(OC)cc42)[C@@H]13. The minimum Gasteiger partial charge on any atom is -0.497 e. The first-order chi connectivity index (χ1) is 11.6. The van der Waals surface area contributed by atoms with Crippen LogP contribution in [-0.4, -0.2) is 37.4 Å². The molecule has 1 saturated heterocycles. The van der Waals surface area contributed by atoms with Gasteiger partial charge in [0.05, 0.1) is 7.11 Å². The van der Waals surface area contributed by atoms with Crippen LogP contribution < -0.4 is 4.74 Å². The molecule has 2 fully saturated rings. The van der Waals surface area contributed by atoms with E-state index in [4.69, 9.17) is 4.74 Å². The molecule has 130 valence electrons. The third-order valence-corrected chi connectivity index (χ3v) is 6.98. The molecule has 3 heteroatoms. The highest BCUT2D eigenvalue weighted by Gasteiger charge is 2.57. The Balaban J connectivity index is 1.88. The molecular formula is C21H29NO2. The molecule has 4 atom stereocenters. The molecule has 0 unspecified atom stereocenters. The number of hydrogen-bond acceptors (Lipinski definition) is 3. The molecule has 24 heavy (non-hydrogen) atoms. The van der Waals surface area contributed by atoms with E-state index in [0.717, 1.165) is 38.0 Å². The van der Waals surface area contributed by atoms with Gasteiger partial charge in [0.1, 0.15) is 11.5 Å². The number of likely N-dealkylation sites (N-methyl/N-ethyl adjacent to an activating group) is 1. The summed E-state index contributed by atoms with van der Waals surface area (Å²) in [4.78, 5) is 15.3. The molecular weight excluding hydrogens is 298 g/mol. The number of methoxy groups -OCH3 is 1. The maximum atomic E-state index is 12.7. The summed E-state index contributed by atoms with van der Waals surface area (Å²) in [5.41, 5.74) is 2.91. The Hall–Kier alpha value is -1.35. The predicted octanol–water partition coefficient (Wildman–Crippen LogP) is 3.59. The number of ketones is 1. The van der Waals surface area contributed by atoms with Gasteiger partial charge in [0.25, 0.3) is 0 Å². The molecule has 1 aromatic rings. The van der Waals surface area contributed by atoms with Crippen molar-refractivity contribution >= 4 is 5.78 Å². The van der Waals surface area contributed by atoms with Crippen molar-refractivity contribution < 1.29 is 9.53 Å². The second-order valence-electron chi connectivity index (χ2n) is 8.18. The zero-order valence-electron chi connectivity index (χ0n) is 15.2. The summed E-state index contributed by atoms with van der Waals surface area (Å²) < 4.78 is 5.52. The van der Waals surface area contributed by atoms with Crippen molar-refractivity contribution in [3.8, 4) is 5.75 Å². The van der Waals surface area contributed by atoms with Crippen LogP contribution in [0.1, 0.15) is 50.2 Å². The van der Waals surface area contributed by atoms with Crippen molar-refractivity contribution in [2.24, 2.45) is 11.8 Å². The van der Waals surface area contributed by atoms with Crippen LogP contribution in [0.3, 0.4) is 0 Å². The number of piperidine rings is 1. The maximum absolute atomic E-state index is 12.7. The van der Waals surface area contributed by atoms with Crippen LogP contribution in [0.2, 0.25) is 0 Å². The highest BCUT2D eigenvalue weighted by Crippen LogP contribution is 2.57. The van der Waals surface area contributed by atoms with Gasteiger partial charge in [0.2, 0.25) is 0 Å². The number of rotatable bonds is 3. The molecule has 2 bridgehead atoms. The average molecular weight is 327 g/mol. The molecule has 0 aromatic heterocycles. The Kier molecular flexibility index (Phi) is 3.95. The number of carbonyl (C=O) groups excluding carboxylic acids is 1. The van der Waals surface area contributed by atoms with Gasteiger partial charge >= 0.3 is 0 Å². The third-order valence-electron chi connectivity index (χ3n) is 6.98. The zero-order chi connectivity index (χ0) is 16.9. The van der Waals surface area contributed by atoms with E-state index in [-0.39, 0.29) is 5.41 Å². The van der Waals surface area contributed by atoms with E-state index in [1.54, 1.807) is 7.11 Å². The maximum Gasteiger partial charge on any atom is 0.134 e. The van der Waals surface area contributed by atoms with Gasteiger partial charge in [-0.3, -0.25) is 4.79 Å². The van der Waals surface area contributed by atoms with E-state index in [1.807, 2.05) is 0 Å². The molecule has 0 spiro atoms. The second-order valence-corrected chi connectivity index (χ2v) is 8.18. The van der Waals surface area contributed by atoms with E-state index in [1.165, 1.54) is 24.0 Å². The Bertz CT molecular complexity index is 655. The highest BCUT2D eigenvalue weighted by atomic mass is 16.5. The van der Waals surface area contributed by atoms with Crippen molar-refractivity contribution in [1.82, 2.24) is 4.90 Å². The zero-order valence-corrected chi connectivity index (χ0v) is 15.2.